The maximum atomic E-state index is 13.8. The molecular weight excluding hydrogens is 333 g/mol. The van der Waals surface area contributed by atoms with E-state index in [0.29, 0.717) is 17.0 Å². The molecule has 2 N–H and O–H groups in total. The SMILES string of the molecule is CC(C)(O)CC(=O)Nc1nc2cc(F)c(Cl)cc2n1C1(C)CCC1. The van der Waals surface area contributed by atoms with E-state index in [1.165, 1.54) is 6.07 Å². The summed E-state index contributed by atoms with van der Waals surface area (Å²) in [7, 11) is 0. The molecule has 1 aromatic carbocycles. The highest BCUT2D eigenvalue weighted by molar-refractivity contribution is 6.31. The molecule has 1 saturated carbocycles. The van der Waals surface area contributed by atoms with Crippen molar-refractivity contribution in [2.75, 3.05) is 5.32 Å². The first-order chi connectivity index (χ1) is 11.1. The first-order valence-corrected chi connectivity index (χ1v) is 8.37. The summed E-state index contributed by atoms with van der Waals surface area (Å²) >= 11 is 5.94. The van der Waals surface area contributed by atoms with E-state index in [1.54, 1.807) is 19.9 Å². The Morgan fingerprint density at radius 3 is 2.71 bits per heavy atom. The molecule has 0 bridgehead atoms. The molecule has 0 radical (unpaired) electrons. The molecule has 0 aliphatic heterocycles. The van der Waals surface area contributed by atoms with Gasteiger partial charge in [-0.3, -0.25) is 10.1 Å². The number of carbonyl (C=O) groups excluding carboxylic acids is 1. The maximum absolute atomic E-state index is 13.8. The molecule has 1 aliphatic carbocycles. The van der Waals surface area contributed by atoms with Crippen LogP contribution < -0.4 is 5.32 Å². The molecule has 0 unspecified atom stereocenters. The molecule has 5 nitrogen and oxygen atoms in total. The van der Waals surface area contributed by atoms with E-state index in [9.17, 15) is 14.3 Å². The molecule has 130 valence electrons. The van der Waals surface area contributed by atoms with Gasteiger partial charge < -0.3 is 9.67 Å². The van der Waals surface area contributed by atoms with E-state index in [2.05, 4.69) is 17.2 Å². The van der Waals surface area contributed by atoms with Crippen LogP contribution in [0.15, 0.2) is 12.1 Å². The van der Waals surface area contributed by atoms with E-state index >= 15 is 0 Å². The number of amides is 1. The Labute approximate surface area is 144 Å². The van der Waals surface area contributed by atoms with Crippen molar-refractivity contribution in [2.24, 2.45) is 0 Å². The number of aliphatic hydroxyl groups is 1. The third-order valence-corrected chi connectivity index (χ3v) is 4.80. The summed E-state index contributed by atoms with van der Waals surface area (Å²) in [4.78, 5) is 16.6. The van der Waals surface area contributed by atoms with E-state index in [4.69, 9.17) is 11.6 Å². The molecule has 1 heterocycles. The molecule has 1 amide bonds. The van der Waals surface area contributed by atoms with Crippen LogP contribution in [0, 0.1) is 5.82 Å². The Morgan fingerprint density at radius 1 is 1.50 bits per heavy atom. The van der Waals surface area contributed by atoms with Gasteiger partial charge in [-0.1, -0.05) is 11.6 Å². The van der Waals surface area contributed by atoms with Gasteiger partial charge >= 0.3 is 0 Å². The summed E-state index contributed by atoms with van der Waals surface area (Å²) in [6, 6.07) is 2.83. The van der Waals surface area contributed by atoms with Gasteiger partial charge in [0.2, 0.25) is 11.9 Å². The highest BCUT2D eigenvalue weighted by atomic mass is 35.5. The number of carbonyl (C=O) groups is 1. The summed E-state index contributed by atoms with van der Waals surface area (Å²) in [6.07, 6.45) is 2.92. The van der Waals surface area contributed by atoms with Gasteiger partial charge in [0.05, 0.1) is 28.1 Å². The molecule has 0 spiro atoms. The topological polar surface area (TPSA) is 67.2 Å². The van der Waals surface area contributed by atoms with Crippen LogP contribution >= 0.6 is 11.6 Å². The van der Waals surface area contributed by atoms with E-state index in [1.807, 2.05) is 4.57 Å². The Bertz CT molecular complexity index is 806. The van der Waals surface area contributed by atoms with Crippen molar-refractivity contribution in [1.82, 2.24) is 9.55 Å². The Hall–Kier alpha value is -1.66. The van der Waals surface area contributed by atoms with Crippen LogP contribution in [0.25, 0.3) is 11.0 Å². The zero-order valence-electron chi connectivity index (χ0n) is 14.0. The van der Waals surface area contributed by atoms with Gasteiger partial charge in [0.15, 0.2) is 0 Å². The number of anilines is 1. The number of nitrogens with one attached hydrogen (secondary N) is 1. The van der Waals surface area contributed by atoms with Crippen LogP contribution in [0.4, 0.5) is 10.3 Å². The minimum Gasteiger partial charge on any atom is -0.390 e. The number of rotatable bonds is 4. The fourth-order valence-electron chi connectivity index (χ4n) is 3.18. The third kappa shape index (κ3) is 3.13. The number of aromatic nitrogens is 2. The summed E-state index contributed by atoms with van der Waals surface area (Å²) in [5.41, 5.74) is -0.157. The predicted molar refractivity (Wildman–Crippen MR) is 91.7 cm³/mol. The summed E-state index contributed by atoms with van der Waals surface area (Å²) in [5, 5.41) is 12.6. The van der Waals surface area contributed by atoms with E-state index in [-0.39, 0.29) is 22.9 Å². The second kappa shape index (κ2) is 5.70. The molecule has 7 heteroatoms. The van der Waals surface area contributed by atoms with Gasteiger partial charge in [-0.15, -0.1) is 0 Å². The molecule has 2 aromatic rings. The van der Waals surface area contributed by atoms with Gasteiger partial charge in [0.1, 0.15) is 5.82 Å². The molecule has 3 rings (SSSR count). The lowest BCUT2D eigenvalue weighted by Crippen LogP contribution is -2.38. The number of imidazole rings is 1. The smallest absolute Gasteiger partial charge is 0.229 e. The zero-order chi connectivity index (χ0) is 17.7. The van der Waals surface area contributed by atoms with Gasteiger partial charge in [-0.05, 0) is 46.1 Å². The van der Waals surface area contributed by atoms with Gasteiger partial charge in [0.25, 0.3) is 0 Å². The number of fused-ring (bicyclic) bond motifs is 1. The van der Waals surface area contributed by atoms with Crippen LogP contribution in [0.3, 0.4) is 0 Å². The lowest BCUT2D eigenvalue weighted by molar-refractivity contribution is -0.119. The second-order valence-electron chi connectivity index (χ2n) is 7.41. The van der Waals surface area contributed by atoms with Gasteiger partial charge in [0, 0.05) is 11.6 Å². The molecule has 24 heavy (non-hydrogen) atoms. The molecule has 0 atom stereocenters. The van der Waals surface area contributed by atoms with Crippen LogP contribution in [-0.2, 0) is 10.3 Å². The maximum Gasteiger partial charge on any atom is 0.229 e. The lowest BCUT2D eigenvalue weighted by Gasteiger charge is -2.41. The average molecular weight is 354 g/mol. The Kier molecular flexibility index (Phi) is 4.08. The van der Waals surface area contributed by atoms with Crippen molar-refractivity contribution in [3.8, 4) is 0 Å². The summed E-state index contributed by atoms with van der Waals surface area (Å²) in [6.45, 7) is 5.22. The van der Waals surface area contributed by atoms with Crippen molar-refractivity contribution in [3.63, 3.8) is 0 Å². The van der Waals surface area contributed by atoms with Crippen molar-refractivity contribution in [3.05, 3.63) is 23.0 Å². The normalized spacial score (nSPS) is 16.9. The van der Waals surface area contributed by atoms with Crippen molar-refractivity contribution in [1.29, 1.82) is 0 Å². The minimum absolute atomic E-state index is 0.0286. The van der Waals surface area contributed by atoms with Crippen LogP contribution in [0.5, 0.6) is 0 Å². The van der Waals surface area contributed by atoms with E-state index in [0.717, 1.165) is 19.3 Å². The predicted octanol–water partition coefficient (Wildman–Crippen LogP) is 3.83. The van der Waals surface area contributed by atoms with Crippen LogP contribution in [0.1, 0.15) is 46.5 Å². The molecule has 1 aliphatic rings. The lowest BCUT2D eigenvalue weighted by atomic mass is 9.78. The highest BCUT2D eigenvalue weighted by Gasteiger charge is 2.37. The van der Waals surface area contributed by atoms with Crippen LogP contribution in [-0.4, -0.2) is 26.2 Å². The second-order valence-corrected chi connectivity index (χ2v) is 7.82. The Balaban J connectivity index is 2.06. The molecule has 1 aromatic heterocycles. The number of halogens is 2. The number of nitrogens with zero attached hydrogens (tertiary/aromatic N) is 2. The number of hydrogen-bond acceptors (Lipinski definition) is 3. The fourth-order valence-corrected chi connectivity index (χ4v) is 3.33. The van der Waals surface area contributed by atoms with Crippen molar-refractivity contribution >= 4 is 34.5 Å². The summed E-state index contributed by atoms with van der Waals surface area (Å²) in [5.74, 6) is -0.515. The average Bonchev–Trinajstić information content (AvgIpc) is 2.71. The Morgan fingerprint density at radius 2 is 2.17 bits per heavy atom. The third-order valence-electron chi connectivity index (χ3n) is 4.51. The molecular formula is C17H21ClFN3O2. The summed E-state index contributed by atoms with van der Waals surface area (Å²) < 4.78 is 15.7. The van der Waals surface area contributed by atoms with E-state index < -0.39 is 11.4 Å². The van der Waals surface area contributed by atoms with Gasteiger partial charge in [-0.2, -0.15) is 0 Å². The first kappa shape index (κ1) is 17.2. The van der Waals surface area contributed by atoms with Gasteiger partial charge in [-0.25, -0.2) is 9.37 Å². The fraction of sp³-hybridized carbons (Fsp3) is 0.529. The minimum atomic E-state index is -1.11. The van der Waals surface area contributed by atoms with Crippen molar-refractivity contribution in [2.45, 2.75) is 57.6 Å². The highest BCUT2D eigenvalue weighted by Crippen LogP contribution is 2.43. The molecule has 0 saturated heterocycles. The monoisotopic (exact) mass is 353 g/mol. The first-order valence-electron chi connectivity index (χ1n) is 7.99. The quantitative estimate of drug-likeness (QED) is 0.877. The largest absolute Gasteiger partial charge is 0.390 e. The standard InChI is InChI=1S/C17H21ClFN3O2/c1-16(2,24)9-14(23)21-15-20-12-8-11(19)10(18)7-13(12)22(15)17(3)5-4-6-17/h7-8,24H,4-6,9H2,1-3H3,(H,20,21,23). The van der Waals surface area contributed by atoms with Crippen molar-refractivity contribution < 1.29 is 14.3 Å². The number of benzene rings is 1. The number of hydrogen-bond donors (Lipinski definition) is 2. The molecule has 1 fully saturated rings. The van der Waals surface area contributed by atoms with Crippen LogP contribution in [0.2, 0.25) is 5.02 Å². The zero-order valence-corrected chi connectivity index (χ0v) is 14.7.